The summed E-state index contributed by atoms with van der Waals surface area (Å²) in [4.78, 5) is 34.8. The van der Waals surface area contributed by atoms with E-state index in [0.29, 0.717) is 11.3 Å². The summed E-state index contributed by atoms with van der Waals surface area (Å²) in [6, 6.07) is 6.66. The van der Waals surface area contributed by atoms with Gasteiger partial charge in [-0.15, -0.1) is 0 Å². The number of hydrogen-bond acceptors (Lipinski definition) is 5. The molecule has 2 rings (SSSR count). The maximum Gasteiger partial charge on any atom is 0.410 e. The van der Waals surface area contributed by atoms with Gasteiger partial charge in [0.15, 0.2) is 5.78 Å². The van der Waals surface area contributed by atoms with Gasteiger partial charge in [0.1, 0.15) is 11.4 Å². The van der Waals surface area contributed by atoms with Gasteiger partial charge in [0.05, 0.1) is 5.56 Å². The van der Waals surface area contributed by atoms with E-state index in [9.17, 15) is 14.4 Å². The third-order valence-corrected chi connectivity index (χ3v) is 3.28. The fourth-order valence-electron chi connectivity index (χ4n) is 2.23. The minimum Gasteiger partial charge on any atom is -0.444 e. The molecule has 0 aromatic heterocycles. The van der Waals surface area contributed by atoms with Crippen LogP contribution < -0.4 is 4.74 Å². The van der Waals surface area contributed by atoms with Crippen LogP contribution in [0.15, 0.2) is 24.3 Å². The first-order valence-electron chi connectivity index (χ1n) is 10.4. The molecule has 0 saturated carbocycles. The smallest absolute Gasteiger partial charge is 0.410 e. The van der Waals surface area contributed by atoms with Crippen LogP contribution in [0.25, 0.3) is 0 Å². The Bertz CT molecular complexity index is 614. The lowest BCUT2D eigenvalue weighted by Crippen LogP contribution is -2.34. The van der Waals surface area contributed by atoms with Gasteiger partial charge in [0.25, 0.3) is 0 Å². The highest BCUT2D eigenvalue weighted by Crippen LogP contribution is 2.18. The highest BCUT2D eigenvalue weighted by molar-refractivity contribution is 5.97. The maximum absolute atomic E-state index is 11.4. The van der Waals surface area contributed by atoms with E-state index in [1.807, 2.05) is 48.5 Å². The molecule has 1 aromatic carbocycles. The van der Waals surface area contributed by atoms with Gasteiger partial charge >= 0.3 is 12.1 Å². The van der Waals surface area contributed by atoms with Crippen LogP contribution >= 0.6 is 0 Å². The van der Waals surface area contributed by atoms with Crippen molar-refractivity contribution >= 4 is 17.8 Å². The second kappa shape index (κ2) is 15.5. The van der Waals surface area contributed by atoms with Crippen LogP contribution in [0.2, 0.25) is 0 Å². The van der Waals surface area contributed by atoms with Crippen molar-refractivity contribution in [1.82, 2.24) is 4.90 Å². The average molecular weight is 410 g/mol. The van der Waals surface area contributed by atoms with Crippen LogP contribution in [0.4, 0.5) is 4.79 Å². The summed E-state index contributed by atoms with van der Waals surface area (Å²) < 4.78 is 10.1. The van der Waals surface area contributed by atoms with E-state index >= 15 is 0 Å². The molecule has 0 aliphatic carbocycles. The van der Waals surface area contributed by atoms with Crippen molar-refractivity contribution in [3.63, 3.8) is 0 Å². The summed E-state index contributed by atoms with van der Waals surface area (Å²) in [5.74, 6) is -0.215. The summed E-state index contributed by atoms with van der Waals surface area (Å²) in [6.45, 7) is 18.1. The number of ether oxygens (including phenoxy) is 2. The molecule has 1 heterocycles. The van der Waals surface area contributed by atoms with Gasteiger partial charge in [-0.2, -0.15) is 0 Å². The van der Waals surface area contributed by atoms with Crippen LogP contribution in [0, 0.1) is 0 Å². The molecule has 0 bridgehead atoms. The van der Waals surface area contributed by atoms with Crippen LogP contribution in [-0.4, -0.2) is 41.4 Å². The minimum absolute atomic E-state index is 0.114. The Morgan fingerprint density at radius 1 is 0.897 bits per heavy atom. The molecule has 1 amide bonds. The standard InChI is InChI=1S/C10H10O3.C9H17NO2.2C2H6/c1-7(11)9-5-3-4-6-10(9)13-8(2)12;1-9(2,3)12-8(11)10-6-4-5-7-10;2*1-2/h3-6H,1-2H3;4-7H2,1-3H3;2*1-2H3. The maximum atomic E-state index is 11.4. The topological polar surface area (TPSA) is 72.9 Å². The molecule has 0 atom stereocenters. The molecule has 1 aliphatic heterocycles. The Labute approximate surface area is 176 Å². The quantitative estimate of drug-likeness (QED) is 0.346. The monoisotopic (exact) mass is 409 g/mol. The highest BCUT2D eigenvalue weighted by Gasteiger charge is 2.23. The zero-order valence-electron chi connectivity index (χ0n) is 19.6. The second-order valence-corrected chi connectivity index (χ2v) is 6.82. The molecule has 0 unspecified atom stereocenters. The summed E-state index contributed by atoms with van der Waals surface area (Å²) in [7, 11) is 0. The Morgan fingerprint density at radius 3 is 1.79 bits per heavy atom. The molecule has 29 heavy (non-hydrogen) atoms. The fourth-order valence-corrected chi connectivity index (χ4v) is 2.23. The van der Waals surface area contributed by atoms with Crippen LogP contribution in [-0.2, 0) is 9.53 Å². The van der Waals surface area contributed by atoms with Crippen molar-refractivity contribution in [1.29, 1.82) is 0 Å². The molecule has 6 heteroatoms. The molecule has 1 aliphatic rings. The lowest BCUT2D eigenvalue weighted by atomic mass is 10.1. The summed E-state index contributed by atoms with van der Waals surface area (Å²) >= 11 is 0. The number of likely N-dealkylation sites (tertiary alicyclic amines) is 1. The predicted molar refractivity (Wildman–Crippen MR) is 117 cm³/mol. The summed E-state index contributed by atoms with van der Waals surface area (Å²) in [5.41, 5.74) is 0.0670. The molecule has 166 valence electrons. The average Bonchev–Trinajstić information content (AvgIpc) is 3.19. The number of benzene rings is 1. The SMILES string of the molecule is CC.CC.CC(=O)Oc1ccccc1C(C)=O.CC(C)(C)OC(=O)N1CCCC1. The number of para-hydroxylation sites is 1. The molecule has 1 saturated heterocycles. The lowest BCUT2D eigenvalue weighted by Gasteiger charge is -2.23. The van der Waals surface area contributed by atoms with E-state index < -0.39 is 5.97 Å². The van der Waals surface area contributed by atoms with Crippen molar-refractivity contribution in [2.75, 3.05) is 13.1 Å². The number of amides is 1. The normalized spacial score (nSPS) is 12.1. The number of carbonyl (C=O) groups excluding carboxylic acids is 3. The molecule has 0 N–H and O–H groups in total. The minimum atomic E-state index is -0.422. The number of esters is 1. The van der Waals surface area contributed by atoms with Crippen molar-refractivity contribution in [2.45, 2.75) is 80.8 Å². The van der Waals surface area contributed by atoms with Gasteiger partial charge < -0.3 is 14.4 Å². The lowest BCUT2D eigenvalue weighted by molar-refractivity contribution is -0.131. The highest BCUT2D eigenvalue weighted by atomic mass is 16.6. The van der Waals surface area contributed by atoms with E-state index in [4.69, 9.17) is 9.47 Å². The van der Waals surface area contributed by atoms with Gasteiger partial charge in [-0.3, -0.25) is 9.59 Å². The van der Waals surface area contributed by atoms with Crippen molar-refractivity contribution < 1.29 is 23.9 Å². The van der Waals surface area contributed by atoms with Gasteiger partial charge in [0.2, 0.25) is 0 Å². The number of carbonyl (C=O) groups is 3. The van der Waals surface area contributed by atoms with Gasteiger partial charge in [0, 0.05) is 20.0 Å². The number of Topliss-reactive ketones (excluding diaryl/α,β-unsaturated/α-hetero) is 1. The molecular weight excluding hydrogens is 370 g/mol. The zero-order chi connectivity index (χ0) is 23.0. The van der Waals surface area contributed by atoms with Crippen molar-refractivity contribution in [2.24, 2.45) is 0 Å². The first-order valence-corrected chi connectivity index (χ1v) is 10.4. The fraction of sp³-hybridized carbons (Fsp3) is 0.609. The van der Waals surface area contributed by atoms with Gasteiger partial charge in [-0.05, 0) is 52.7 Å². The van der Waals surface area contributed by atoms with E-state index in [1.165, 1.54) is 13.8 Å². The van der Waals surface area contributed by atoms with Crippen LogP contribution in [0.1, 0.15) is 85.5 Å². The number of hydrogen-bond donors (Lipinski definition) is 0. The Morgan fingerprint density at radius 2 is 1.38 bits per heavy atom. The molecule has 1 aromatic rings. The number of rotatable bonds is 2. The van der Waals surface area contributed by atoms with Gasteiger partial charge in [-0.25, -0.2) is 4.79 Å². The van der Waals surface area contributed by atoms with Crippen LogP contribution in [0.3, 0.4) is 0 Å². The van der Waals surface area contributed by atoms with Crippen molar-refractivity contribution in [3.05, 3.63) is 29.8 Å². The Hall–Kier alpha value is -2.37. The molecule has 1 fully saturated rings. The Balaban J connectivity index is 0. The van der Waals surface area contributed by atoms with E-state index in [2.05, 4.69) is 0 Å². The van der Waals surface area contributed by atoms with Crippen molar-refractivity contribution in [3.8, 4) is 5.75 Å². The van der Waals surface area contributed by atoms with E-state index in [-0.39, 0.29) is 17.5 Å². The Kier molecular flexibility index (Phi) is 15.5. The molecule has 6 nitrogen and oxygen atoms in total. The number of nitrogens with zero attached hydrogens (tertiary/aromatic N) is 1. The van der Waals surface area contributed by atoms with Crippen LogP contribution in [0.5, 0.6) is 5.75 Å². The first-order chi connectivity index (χ1) is 13.6. The largest absolute Gasteiger partial charge is 0.444 e. The van der Waals surface area contributed by atoms with Gasteiger partial charge in [-0.1, -0.05) is 39.8 Å². The predicted octanol–water partition coefficient (Wildman–Crippen LogP) is 5.88. The number of ketones is 1. The third-order valence-electron chi connectivity index (χ3n) is 3.28. The first kappa shape index (κ1) is 28.8. The summed E-state index contributed by atoms with van der Waals surface area (Å²) in [6.07, 6.45) is 2.05. The third kappa shape index (κ3) is 13.4. The molecule has 0 spiro atoms. The molecule has 0 radical (unpaired) electrons. The molecular formula is C23H39NO5. The zero-order valence-corrected chi connectivity index (χ0v) is 19.6. The van der Waals surface area contributed by atoms with E-state index in [0.717, 1.165) is 25.9 Å². The summed E-state index contributed by atoms with van der Waals surface area (Å²) in [5, 5.41) is 0. The van der Waals surface area contributed by atoms with E-state index in [1.54, 1.807) is 29.2 Å². The second-order valence-electron chi connectivity index (χ2n) is 6.82.